The molecule has 0 aromatic heterocycles. The Kier molecular flexibility index (Phi) is 7.63. The minimum Gasteiger partial charge on any atom is -0.430 e. The topological polar surface area (TPSA) is 40.5 Å². The molecule has 0 spiro atoms. The predicted octanol–water partition coefficient (Wildman–Crippen LogP) is 0.990. The van der Waals surface area contributed by atoms with Crippen LogP contribution < -0.4 is 0 Å². The first-order chi connectivity index (χ1) is 5.35. The fourth-order valence-corrected chi connectivity index (χ4v) is 1.37. The zero-order valence-electron chi connectivity index (χ0n) is 7.00. The minimum absolute atomic E-state index is 0.750. The van der Waals surface area contributed by atoms with Crippen molar-refractivity contribution in [3.8, 4) is 0 Å². The summed E-state index contributed by atoms with van der Waals surface area (Å²) in [7, 11) is -0.750. The van der Waals surface area contributed by atoms with E-state index < -0.39 is 7.69 Å². The highest BCUT2D eigenvalue weighted by Crippen LogP contribution is 2.23. The van der Waals surface area contributed by atoms with Crippen LogP contribution in [0.5, 0.6) is 0 Å². The molecular weight excluding hydrogens is 139 g/mol. The van der Waals surface area contributed by atoms with E-state index in [2.05, 4.69) is 12.7 Å². The highest BCUT2D eigenvalue weighted by Gasteiger charge is 2.07. The summed E-state index contributed by atoms with van der Waals surface area (Å²) in [4.78, 5) is 0. The molecule has 2 N–H and O–H groups in total. The standard InChI is InChI=1S/C8H14.BH3O2/c1-2-8-6-4-3-5-7-8;2-1-3/h2,8H,1,3-7H2;1-3H. The van der Waals surface area contributed by atoms with Gasteiger partial charge in [0.15, 0.2) is 0 Å². The maximum Gasteiger partial charge on any atom is 0.432 e. The molecule has 1 rings (SSSR count). The van der Waals surface area contributed by atoms with Crippen molar-refractivity contribution in [2.24, 2.45) is 5.92 Å². The van der Waals surface area contributed by atoms with Crippen LogP contribution in [0.1, 0.15) is 32.1 Å². The highest BCUT2D eigenvalue weighted by molar-refractivity contribution is 6.13. The van der Waals surface area contributed by atoms with E-state index >= 15 is 0 Å². The van der Waals surface area contributed by atoms with Crippen LogP contribution in [0.2, 0.25) is 0 Å². The summed E-state index contributed by atoms with van der Waals surface area (Å²) in [6.45, 7) is 3.78. The summed E-state index contributed by atoms with van der Waals surface area (Å²) in [6.07, 6.45) is 9.20. The molecule has 64 valence electrons. The molecular formula is C8H17BO2. The van der Waals surface area contributed by atoms with Crippen molar-refractivity contribution in [2.75, 3.05) is 0 Å². The minimum atomic E-state index is -0.750. The fraction of sp³-hybridized carbons (Fsp3) is 0.750. The first-order valence-electron chi connectivity index (χ1n) is 4.19. The van der Waals surface area contributed by atoms with Gasteiger partial charge in [-0.25, -0.2) is 0 Å². The third-order valence-corrected chi connectivity index (χ3v) is 1.98. The van der Waals surface area contributed by atoms with Crippen LogP contribution in [0.25, 0.3) is 0 Å². The number of hydrogen-bond acceptors (Lipinski definition) is 2. The maximum absolute atomic E-state index is 7.12. The maximum atomic E-state index is 7.12. The summed E-state index contributed by atoms with van der Waals surface area (Å²) >= 11 is 0. The van der Waals surface area contributed by atoms with Crippen LogP contribution in [0, 0.1) is 5.92 Å². The van der Waals surface area contributed by atoms with E-state index in [9.17, 15) is 0 Å². The summed E-state index contributed by atoms with van der Waals surface area (Å²) in [5.41, 5.74) is 0. The molecule has 0 amide bonds. The molecule has 3 heteroatoms. The zero-order valence-corrected chi connectivity index (χ0v) is 7.00. The second-order valence-corrected chi connectivity index (χ2v) is 2.78. The van der Waals surface area contributed by atoms with E-state index in [1.807, 2.05) is 0 Å². The van der Waals surface area contributed by atoms with Crippen molar-refractivity contribution in [3.63, 3.8) is 0 Å². The Balaban J connectivity index is 0.000000292. The van der Waals surface area contributed by atoms with Gasteiger partial charge in [-0.05, 0) is 18.8 Å². The Labute approximate surface area is 69.2 Å². The predicted molar refractivity (Wildman–Crippen MR) is 48.4 cm³/mol. The summed E-state index contributed by atoms with van der Waals surface area (Å²) in [6, 6.07) is 0. The van der Waals surface area contributed by atoms with Crippen LogP contribution in [-0.4, -0.2) is 17.7 Å². The van der Waals surface area contributed by atoms with Gasteiger partial charge in [0.1, 0.15) is 0 Å². The molecule has 0 aliphatic heterocycles. The lowest BCUT2D eigenvalue weighted by molar-refractivity contribution is 0.420. The van der Waals surface area contributed by atoms with Gasteiger partial charge in [0.05, 0.1) is 0 Å². The van der Waals surface area contributed by atoms with Gasteiger partial charge in [0.25, 0.3) is 0 Å². The Morgan fingerprint density at radius 2 is 1.64 bits per heavy atom. The molecule has 2 nitrogen and oxygen atoms in total. The van der Waals surface area contributed by atoms with Gasteiger partial charge in [-0.15, -0.1) is 6.58 Å². The van der Waals surface area contributed by atoms with Gasteiger partial charge in [-0.3, -0.25) is 0 Å². The molecule has 0 saturated heterocycles. The Morgan fingerprint density at radius 1 is 1.18 bits per heavy atom. The molecule has 1 saturated carbocycles. The second-order valence-electron chi connectivity index (χ2n) is 2.78. The van der Waals surface area contributed by atoms with E-state index in [1.54, 1.807) is 0 Å². The summed E-state index contributed by atoms with van der Waals surface area (Å²) in [5, 5.41) is 14.2. The van der Waals surface area contributed by atoms with Gasteiger partial charge >= 0.3 is 7.69 Å². The molecule has 0 atom stereocenters. The molecule has 0 radical (unpaired) electrons. The van der Waals surface area contributed by atoms with E-state index in [4.69, 9.17) is 10.0 Å². The van der Waals surface area contributed by atoms with Crippen LogP contribution in [0.4, 0.5) is 0 Å². The van der Waals surface area contributed by atoms with Gasteiger partial charge in [-0.2, -0.15) is 0 Å². The average Bonchev–Trinajstić information content (AvgIpc) is 2.08. The largest absolute Gasteiger partial charge is 0.432 e. The van der Waals surface area contributed by atoms with Crippen molar-refractivity contribution < 1.29 is 10.0 Å². The monoisotopic (exact) mass is 156 g/mol. The summed E-state index contributed by atoms with van der Waals surface area (Å²) in [5.74, 6) is 0.851. The first-order valence-corrected chi connectivity index (χ1v) is 4.19. The summed E-state index contributed by atoms with van der Waals surface area (Å²) < 4.78 is 0. The van der Waals surface area contributed by atoms with Crippen LogP contribution >= 0.6 is 0 Å². The van der Waals surface area contributed by atoms with Gasteiger partial charge < -0.3 is 10.0 Å². The van der Waals surface area contributed by atoms with Crippen molar-refractivity contribution in [3.05, 3.63) is 12.7 Å². The number of hydrogen-bond donors (Lipinski definition) is 2. The van der Waals surface area contributed by atoms with E-state index in [0.29, 0.717) is 0 Å². The smallest absolute Gasteiger partial charge is 0.430 e. The van der Waals surface area contributed by atoms with Gasteiger partial charge in [0.2, 0.25) is 0 Å². The fourth-order valence-electron chi connectivity index (χ4n) is 1.37. The second kappa shape index (κ2) is 7.83. The lowest BCUT2D eigenvalue weighted by Crippen LogP contribution is -2.01. The molecule has 0 bridgehead atoms. The molecule has 1 fully saturated rings. The SMILES string of the molecule is C=CC1CCCCC1.OBO. The van der Waals surface area contributed by atoms with Crippen molar-refractivity contribution >= 4 is 7.69 Å². The quantitative estimate of drug-likeness (QED) is 0.439. The average molecular weight is 156 g/mol. The van der Waals surface area contributed by atoms with Crippen LogP contribution in [-0.2, 0) is 0 Å². The Morgan fingerprint density at radius 3 is 1.91 bits per heavy atom. The molecule has 1 aliphatic rings. The van der Waals surface area contributed by atoms with E-state index in [0.717, 1.165) is 5.92 Å². The van der Waals surface area contributed by atoms with Crippen LogP contribution in [0.15, 0.2) is 12.7 Å². The Hall–Kier alpha value is -0.275. The number of allylic oxidation sites excluding steroid dienone is 1. The van der Waals surface area contributed by atoms with Crippen LogP contribution in [0.3, 0.4) is 0 Å². The zero-order chi connectivity index (χ0) is 8.53. The van der Waals surface area contributed by atoms with Crippen molar-refractivity contribution in [2.45, 2.75) is 32.1 Å². The molecule has 0 heterocycles. The normalized spacial score (nSPS) is 18.0. The molecule has 11 heavy (non-hydrogen) atoms. The van der Waals surface area contributed by atoms with E-state index in [1.165, 1.54) is 32.1 Å². The molecule has 0 aromatic carbocycles. The first kappa shape index (κ1) is 10.7. The van der Waals surface area contributed by atoms with Crippen molar-refractivity contribution in [1.29, 1.82) is 0 Å². The third kappa shape index (κ3) is 6.14. The molecule has 1 aliphatic carbocycles. The lowest BCUT2D eigenvalue weighted by Gasteiger charge is -2.16. The van der Waals surface area contributed by atoms with Gasteiger partial charge in [0, 0.05) is 0 Å². The number of rotatable bonds is 1. The third-order valence-electron chi connectivity index (χ3n) is 1.98. The molecule has 0 unspecified atom stereocenters. The highest BCUT2D eigenvalue weighted by atomic mass is 16.4. The van der Waals surface area contributed by atoms with E-state index in [-0.39, 0.29) is 0 Å². The van der Waals surface area contributed by atoms with Gasteiger partial charge in [-0.1, -0.05) is 25.3 Å². The lowest BCUT2D eigenvalue weighted by atomic mass is 9.90. The Bertz CT molecular complexity index is 90.1. The van der Waals surface area contributed by atoms with Crippen molar-refractivity contribution in [1.82, 2.24) is 0 Å². The molecule has 0 aromatic rings.